The van der Waals surface area contributed by atoms with Crippen LogP contribution in [0.2, 0.25) is 0 Å². The van der Waals surface area contributed by atoms with Crippen LogP contribution in [0.5, 0.6) is 0 Å². The van der Waals surface area contributed by atoms with E-state index in [9.17, 15) is 18.0 Å². The zero-order valence-electron chi connectivity index (χ0n) is 13.7. The lowest BCUT2D eigenvalue weighted by Gasteiger charge is -2.16. The summed E-state index contributed by atoms with van der Waals surface area (Å²) in [6, 6.07) is 7.38. The molecule has 134 valence electrons. The summed E-state index contributed by atoms with van der Waals surface area (Å²) in [6.45, 7) is 0.0994. The number of halogens is 3. The summed E-state index contributed by atoms with van der Waals surface area (Å²) in [5.74, 6) is -3.38. The number of carbonyl (C=O) groups is 1. The average molecular weight is 361 g/mol. The van der Waals surface area contributed by atoms with E-state index in [1.165, 1.54) is 37.6 Å². The first kappa shape index (κ1) is 17.7. The van der Waals surface area contributed by atoms with E-state index in [0.29, 0.717) is 5.56 Å². The van der Waals surface area contributed by atoms with E-state index in [-0.39, 0.29) is 23.4 Å². The molecular formula is C18H14F3N3O2. The molecule has 0 bridgehead atoms. The minimum Gasteiger partial charge on any atom is -0.468 e. The molecule has 1 N–H and O–H groups in total. The highest BCUT2D eigenvalue weighted by atomic mass is 19.2. The lowest BCUT2D eigenvalue weighted by atomic mass is 9.99. The molecule has 1 unspecified atom stereocenters. The van der Waals surface area contributed by atoms with Gasteiger partial charge in [0.2, 0.25) is 0 Å². The van der Waals surface area contributed by atoms with Crippen molar-refractivity contribution in [3.8, 4) is 0 Å². The van der Waals surface area contributed by atoms with Crippen LogP contribution in [-0.4, -0.2) is 29.6 Å². The van der Waals surface area contributed by atoms with Gasteiger partial charge in [-0.05, 0) is 17.7 Å². The number of nitrogens with one attached hydrogen (secondary N) is 1. The Morgan fingerprint density at radius 2 is 1.77 bits per heavy atom. The Morgan fingerprint density at radius 3 is 2.42 bits per heavy atom. The van der Waals surface area contributed by atoms with Gasteiger partial charge in [-0.15, -0.1) is 0 Å². The standard InChI is InChI=1S/C18H14F3N3O2/c1-26-18(25)12(10-2-4-11(19)5-3-10)8-23-17-9-22-15-6-13(20)14(21)7-16(15)24-17/h2-7,9,12H,8H2,1H3,(H,23,24). The van der Waals surface area contributed by atoms with Gasteiger partial charge in [-0.1, -0.05) is 12.1 Å². The molecule has 0 aliphatic heterocycles. The van der Waals surface area contributed by atoms with E-state index in [1.807, 2.05) is 0 Å². The second-order valence-electron chi connectivity index (χ2n) is 5.52. The van der Waals surface area contributed by atoms with Crippen molar-refractivity contribution in [3.63, 3.8) is 0 Å². The second kappa shape index (κ2) is 7.38. The molecule has 0 amide bonds. The minimum atomic E-state index is -1.03. The number of nitrogens with zero attached hydrogens (tertiary/aromatic N) is 2. The Kier molecular flexibility index (Phi) is 5.01. The molecule has 1 aromatic heterocycles. The SMILES string of the molecule is COC(=O)C(CNc1cnc2cc(F)c(F)cc2n1)c1ccc(F)cc1. The average Bonchev–Trinajstić information content (AvgIpc) is 2.64. The highest BCUT2D eigenvalue weighted by Crippen LogP contribution is 2.20. The van der Waals surface area contributed by atoms with Gasteiger partial charge in [0.25, 0.3) is 0 Å². The Labute approximate surface area is 146 Å². The number of fused-ring (bicyclic) bond motifs is 1. The van der Waals surface area contributed by atoms with E-state index in [0.717, 1.165) is 12.1 Å². The normalized spacial score (nSPS) is 12.0. The molecular weight excluding hydrogens is 347 g/mol. The van der Waals surface area contributed by atoms with Crippen LogP contribution in [0.1, 0.15) is 11.5 Å². The van der Waals surface area contributed by atoms with Crippen LogP contribution in [0, 0.1) is 17.5 Å². The fourth-order valence-electron chi connectivity index (χ4n) is 2.47. The number of aromatic nitrogens is 2. The highest BCUT2D eigenvalue weighted by molar-refractivity contribution is 5.79. The van der Waals surface area contributed by atoms with E-state index in [1.54, 1.807) is 0 Å². The van der Waals surface area contributed by atoms with Crippen molar-refractivity contribution in [2.45, 2.75) is 5.92 Å². The third kappa shape index (κ3) is 3.74. The molecule has 0 aliphatic rings. The third-order valence-electron chi connectivity index (χ3n) is 3.83. The molecule has 0 fully saturated rings. The molecule has 1 atom stereocenters. The van der Waals surface area contributed by atoms with Gasteiger partial charge in [0.15, 0.2) is 11.6 Å². The second-order valence-corrected chi connectivity index (χ2v) is 5.52. The molecule has 26 heavy (non-hydrogen) atoms. The van der Waals surface area contributed by atoms with Gasteiger partial charge in [0, 0.05) is 18.7 Å². The Balaban J connectivity index is 1.82. The Hall–Kier alpha value is -3.16. The predicted octanol–water partition coefficient (Wildman–Crippen LogP) is 3.42. The number of hydrogen-bond acceptors (Lipinski definition) is 5. The minimum absolute atomic E-state index is 0.0994. The first-order valence-corrected chi connectivity index (χ1v) is 7.67. The van der Waals surface area contributed by atoms with Crippen LogP contribution < -0.4 is 5.32 Å². The van der Waals surface area contributed by atoms with Crippen molar-refractivity contribution in [3.05, 3.63) is 65.6 Å². The van der Waals surface area contributed by atoms with Crippen molar-refractivity contribution < 1.29 is 22.7 Å². The van der Waals surface area contributed by atoms with Crippen LogP contribution in [0.25, 0.3) is 11.0 Å². The van der Waals surface area contributed by atoms with Gasteiger partial charge in [-0.3, -0.25) is 9.78 Å². The topological polar surface area (TPSA) is 64.1 Å². The van der Waals surface area contributed by atoms with E-state index in [4.69, 9.17) is 4.74 Å². The zero-order valence-corrected chi connectivity index (χ0v) is 13.7. The highest BCUT2D eigenvalue weighted by Gasteiger charge is 2.21. The van der Waals surface area contributed by atoms with Crippen LogP contribution >= 0.6 is 0 Å². The summed E-state index contributed by atoms with van der Waals surface area (Å²) in [5, 5.41) is 2.91. The summed E-state index contributed by atoms with van der Waals surface area (Å²) in [7, 11) is 1.26. The summed E-state index contributed by atoms with van der Waals surface area (Å²) < 4.78 is 44.4. The summed E-state index contributed by atoms with van der Waals surface area (Å²) in [6.07, 6.45) is 1.35. The Bertz CT molecular complexity index is 948. The number of ether oxygens (including phenoxy) is 1. The molecule has 3 aromatic rings. The molecule has 0 aliphatic carbocycles. The predicted molar refractivity (Wildman–Crippen MR) is 89.1 cm³/mol. The molecule has 8 heteroatoms. The maximum Gasteiger partial charge on any atom is 0.314 e. The van der Waals surface area contributed by atoms with Gasteiger partial charge in [-0.2, -0.15) is 0 Å². The number of rotatable bonds is 5. The number of anilines is 1. The van der Waals surface area contributed by atoms with Gasteiger partial charge in [0.1, 0.15) is 11.6 Å². The molecule has 3 rings (SSSR count). The summed E-state index contributed by atoms with van der Waals surface area (Å²) in [5.41, 5.74) is 0.940. The van der Waals surface area contributed by atoms with Crippen molar-refractivity contribution in [1.82, 2.24) is 9.97 Å². The van der Waals surface area contributed by atoms with Gasteiger partial charge < -0.3 is 10.1 Å². The van der Waals surface area contributed by atoms with E-state index < -0.39 is 29.3 Å². The monoisotopic (exact) mass is 361 g/mol. The van der Waals surface area contributed by atoms with Crippen LogP contribution in [-0.2, 0) is 9.53 Å². The molecule has 5 nitrogen and oxygen atoms in total. The van der Waals surface area contributed by atoms with Crippen LogP contribution in [0.4, 0.5) is 19.0 Å². The molecule has 2 aromatic carbocycles. The van der Waals surface area contributed by atoms with Gasteiger partial charge >= 0.3 is 5.97 Å². The van der Waals surface area contributed by atoms with Crippen molar-refractivity contribution in [2.75, 3.05) is 19.0 Å². The lowest BCUT2D eigenvalue weighted by molar-refractivity contribution is -0.142. The number of hydrogen-bond donors (Lipinski definition) is 1. The quantitative estimate of drug-likeness (QED) is 0.706. The third-order valence-corrected chi connectivity index (χ3v) is 3.83. The number of esters is 1. The molecule has 1 heterocycles. The number of benzene rings is 2. The van der Waals surface area contributed by atoms with Crippen LogP contribution in [0.15, 0.2) is 42.6 Å². The first-order chi connectivity index (χ1) is 12.5. The van der Waals surface area contributed by atoms with Crippen molar-refractivity contribution in [1.29, 1.82) is 0 Å². The largest absolute Gasteiger partial charge is 0.468 e. The summed E-state index contributed by atoms with van der Waals surface area (Å²) in [4.78, 5) is 20.2. The van der Waals surface area contributed by atoms with Crippen molar-refractivity contribution in [2.24, 2.45) is 0 Å². The molecule has 0 saturated heterocycles. The molecule has 0 spiro atoms. The lowest BCUT2D eigenvalue weighted by Crippen LogP contribution is -2.23. The maximum atomic E-state index is 13.3. The number of methoxy groups -OCH3 is 1. The fourth-order valence-corrected chi connectivity index (χ4v) is 2.47. The van der Waals surface area contributed by atoms with Crippen molar-refractivity contribution >= 4 is 22.8 Å². The summed E-state index contributed by atoms with van der Waals surface area (Å²) >= 11 is 0. The van der Waals surface area contributed by atoms with E-state index in [2.05, 4.69) is 15.3 Å². The maximum absolute atomic E-state index is 13.3. The first-order valence-electron chi connectivity index (χ1n) is 7.67. The van der Waals surface area contributed by atoms with Gasteiger partial charge in [-0.25, -0.2) is 18.2 Å². The Morgan fingerprint density at radius 1 is 1.12 bits per heavy atom. The fraction of sp³-hybridized carbons (Fsp3) is 0.167. The smallest absolute Gasteiger partial charge is 0.314 e. The van der Waals surface area contributed by atoms with Gasteiger partial charge in [0.05, 0.1) is 30.3 Å². The molecule has 0 saturated carbocycles. The molecule has 0 radical (unpaired) electrons. The number of carbonyl (C=O) groups excluding carboxylic acids is 1. The van der Waals surface area contributed by atoms with E-state index >= 15 is 0 Å². The van der Waals surface area contributed by atoms with Crippen LogP contribution in [0.3, 0.4) is 0 Å². The zero-order chi connectivity index (χ0) is 18.7.